The zero-order valence-electron chi connectivity index (χ0n) is 21.9. The monoisotopic (exact) mass is 529 g/mol. The fraction of sp³-hybridized carbons (Fsp3) is 0.346. The lowest BCUT2D eigenvalue weighted by molar-refractivity contribution is -0.141. The minimum Gasteiger partial charge on any atom is -0.488 e. The Labute approximate surface area is 220 Å². The fourth-order valence-corrected chi connectivity index (χ4v) is 3.07. The van der Waals surface area contributed by atoms with Gasteiger partial charge in [-0.3, -0.25) is 24.6 Å². The van der Waals surface area contributed by atoms with E-state index in [9.17, 15) is 23.6 Å². The molecule has 0 spiro atoms. The highest BCUT2D eigenvalue weighted by Crippen LogP contribution is 2.24. The van der Waals surface area contributed by atoms with Crippen LogP contribution in [-0.4, -0.2) is 70.9 Å². The van der Waals surface area contributed by atoms with Crippen molar-refractivity contribution < 1.29 is 33.4 Å². The molecule has 0 aliphatic carbocycles. The van der Waals surface area contributed by atoms with Gasteiger partial charge in [-0.05, 0) is 45.4 Å². The van der Waals surface area contributed by atoms with Crippen LogP contribution in [0.4, 0.5) is 14.9 Å². The van der Waals surface area contributed by atoms with Gasteiger partial charge < -0.3 is 20.1 Å². The Morgan fingerprint density at radius 1 is 1.13 bits per heavy atom. The lowest BCUT2D eigenvalue weighted by atomic mass is 10.1. The van der Waals surface area contributed by atoms with E-state index in [1.807, 2.05) is 31.2 Å². The molecule has 0 heterocycles. The maximum Gasteiger partial charge on any atom is 0.325 e. The third-order valence-corrected chi connectivity index (χ3v) is 5.08. The van der Waals surface area contributed by atoms with Crippen LogP contribution in [0.15, 0.2) is 47.5 Å². The lowest BCUT2D eigenvalue weighted by Crippen LogP contribution is -2.51. The van der Waals surface area contributed by atoms with Gasteiger partial charge in [0.05, 0.1) is 18.3 Å². The van der Waals surface area contributed by atoms with Gasteiger partial charge in [-0.25, -0.2) is 14.2 Å². The SMILES string of the molecule is Cc1ccc(CN(C=O)C(=Nc2ccc(OC(C)C)c(F)c2)NC(=O)N(C)CC(=O)N[C@@H](C)C(=O)O)cc1. The van der Waals surface area contributed by atoms with E-state index in [1.54, 1.807) is 13.8 Å². The Kier molecular flexibility index (Phi) is 10.7. The summed E-state index contributed by atoms with van der Waals surface area (Å²) in [7, 11) is 1.31. The van der Waals surface area contributed by atoms with Crippen molar-refractivity contribution in [3.8, 4) is 5.75 Å². The molecule has 38 heavy (non-hydrogen) atoms. The van der Waals surface area contributed by atoms with E-state index >= 15 is 0 Å². The van der Waals surface area contributed by atoms with Crippen LogP contribution in [-0.2, 0) is 20.9 Å². The number of aliphatic carboxylic acids is 1. The normalized spacial score (nSPS) is 11.9. The van der Waals surface area contributed by atoms with Gasteiger partial charge in [-0.15, -0.1) is 0 Å². The van der Waals surface area contributed by atoms with Crippen LogP contribution < -0.4 is 15.4 Å². The van der Waals surface area contributed by atoms with Crippen molar-refractivity contribution in [3.63, 3.8) is 0 Å². The van der Waals surface area contributed by atoms with Crippen LogP contribution in [0.5, 0.6) is 5.75 Å². The van der Waals surface area contributed by atoms with Gasteiger partial charge in [0.15, 0.2) is 11.6 Å². The van der Waals surface area contributed by atoms with Gasteiger partial charge >= 0.3 is 12.0 Å². The maximum atomic E-state index is 14.6. The molecule has 11 nitrogen and oxygen atoms in total. The maximum absolute atomic E-state index is 14.6. The van der Waals surface area contributed by atoms with Crippen LogP contribution >= 0.6 is 0 Å². The summed E-state index contributed by atoms with van der Waals surface area (Å²) >= 11 is 0. The number of urea groups is 1. The average Bonchev–Trinajstić information content (AvgIpc) is 2.84. The van der Waals surface area contributed by atoms with Gasteiger partial charge in [0, 0.05) is 13.1 Å². The quantitative estimate of drug-likeness (QED) is 0.246. The molecular weight excluding hydrogens is 497 g/mol. The molecule has 0 aromatic heterocycles. The van der Waals surface area contributed by atoms with Crippen LogP contribution in [0.3, 0.4) is 0 Å². The van der Waals surface area contributed by atoms with Gasteiger partial charge in [0.2, 0.25) is 18.3 Å². The molecule has 0 saturated carbocycles. The Hall–Kier alpha value is -4.48. The number of aryl methyl sites for hydroxylation is 1. The van der Waals surface area contributed by atoms with E-state index in [0.29, 0.717) is 6.41 Å². The summed E-state index contributed by atoms with van der Waals surface area (Å²) in [6.45, 7) is 6.29. The largest absolute Gasteiger partial charge is 0.488 e. The van der Waals surface area contributed by atoms with Gasteiger partial charge in [0.25, 0.3) is 0 Å². The number of hydrogen-bond donors (Lipinski definition) is 3. The number of amides is 4. The lowest BCUT2D eigenvalue weighted by Gasteiger charge is -2.24. The number of benzene rings is 2. The molecule has 1 atom stereocenters. The van der Waals surface area contributed by atoms with E-state index in [0.717, 1.165) is 27.0 Å². The smallest absolute Gasteiger partial charge is 0.325 e. The molecule has 0 bridgehead atoms. The molecule has 12 heteroatoms. The highest BCUT2D eigenvalue weighted by Gasteiger charge is 2.21. The first-order chi connectivity index (χ1) is 17.9. The number of rotatable bonds is 10. The third kappa shape index (κ3) is 9.19. The van der Waals surface area contributed by atoms with E-state index in [2.05, 4.69) is 15.6 Å². The van der Waals surface area contributed by atoms with E-state index < -0.39 is 36.3 Å². The highest BCUT2D eigenvalue weighted by atomic mass is 19.1. The molecule has 0 aliphatic rings. The van der Waals surface area contributed by atoms with Crippen molar-refractivity contribution >= 4 is 36.0 Å². The van der Waals surface area contributed by atoms with Crippen LogP contribution in [0.2, 0.25) is 0 Å². The van der Waals surface area contributed by atoms with E-state index in [1.165, 1.54) is 26.1 Å². The Morgan fingerprint density at radius 3 is 2.34 bits per heavy atom. The molecular formula is C26H32FN5O6. The van der Waals surface area contributed by atoms with Crippen molar-refractivity contribution in [2.45, 2.75) is 46.4 Å². The molecule has 2 aromatic rings. The second kappa shape index (κ2) is 13.7. The molecule has 0 fully saturated rings. The average molecular weight is 530 g/mol. The number of ether oxygens (including phenoxy) is 1. The predicted molar refractivity (Wildman–Crippen MR) is 138 cm³/mol. The molecule has 0 aliphatic heterocycles. The molecule has 3 N–H and O–H groups in total. The van der Waals surface area contributed by atoms with Gasteiger partial charge in [-0.2, -0.15) is 0 Å². The first-order valence-electron chi connectivity index (χ1n) is 11.8. The van der Waals surface area contributed by atoms with Crippen LogP contribution in [0.1, 0.15) is 31.9 Å². The number of aliphatic imine (C=N–C) groups is 1. The number of halogens is 1. The van der Waals surface area contributed by atoms with Gasteiger partial charge in [-0.1, -0.05) is 29.8 Å². The van der Waals surface area contributed by atoms with Crippen LogP contribution in [0, 0.1) is 12.7 Å². The second-order valence-electron chi connectivity index (χ2n) is 8.85. The molecule has 4 amide bonds. The third-order valence-electron chi connectivity index (χ3n) is 5.08. The summed E-state index contributed by atoms with van der Waals surface area (Å²) in [4.78, 5) is 54.3. The zero-order chi connectivity index (χ0) is 28.4. The number of likely N-dealkylation sites (N-methyl/N-ethyl adjacent to an activating group) is 1. The van der Waals surface area contributed by atoms with Crippen molar-refractivity contribution in [3.05, 3.63) is 59.4 Å². The van der Waals surface area contributed by atoms with Crippen molar-refractivity contribution in [1.29, 1.82) is 0 Å². The summed E-state index contributed by atoms with van der Waals surface area (Å²) in [5.41, 5.74) is 1.86. The van der Waals surface area contributed by atoms with E-state index in [-0.39, 0.29) is 30.0 Å². The van der Waals surface area contributed by atoms with E-state index in [4.69, 9.17) is 9.84 Å². The Balaban J connectivity index is 2.32. The molecule has 0 radical (unpaired) electrons. The molecule has 2 rings (SSSR count). The topological polar surface area (TPSA) is 141 Å². The number of hydrogen-bond acceptors (Lipinski definition) is 6. The van der Waals surface area contributed by atoms with Crippen LogP contribution in [0.25, 0.3) is 0 Å². The zero-order valence-corrected chi connectivity index (χ0v) is 21.9. The second-order valence-corrected chi connectivity index (χ2v) is 8.85. The first kappa shape index (κ1) is 29.7. The molecule has 0 saturated heterocycles. The minimum absolute atomic E-state index is 0.0257. The molecule has 0 unspecified atom stereocenters. The summed E-state index contributed by atoms with van der Waals surface area (Å²) in [6.07, 6.45) is 0.215. The Bertz CT molecular complexity index is 1190. The van der Waals surface area contributed by atoms with Crippen molar-refractivity contribution in [2.24, 2.45) is 4.99 Å². The highest BCUT2D eigenvalue weighted by molar-refractivity contribution is 6.02. The number of carboxylic acid groups (broad SMARTS) is 1. The molecule has 204 valence electrons. The number of guanidine groups is 1. The fourth-order valence-electron chi connectivity index (χ4n) is 3.07. The summed E-state index contributed by atoms with van der Waals surface area (Å²) < 4.78 is 20.0. The minimum atomic E-state index is -1.23. The molecule has 2 aromatic carbocycles. The Morgan fingerprint density at radius 2 is 1.79 bits per heavy atom. The summed E-state index contributed by atoms with van der Waals surface area (Å²) in [6, 6.07) is 9.34. The standard InChI is InChI=1S/C26H32FN5O6/c1-16(2)38-22-11-10-20(12-21(22)27)29-25(32(15-33)13-19-8-6-17(3)7-9-19)30-26(37)31(5)14-23(34)28-18(4)24(35)36/h6-12,15-16,18H,13-14H2,1-5H3,(H,28,34)(H,35,36)(H,29,30,37)/t18-/m0/s1. The summed E-state index contributed by atoms with van der Waals surface area (Å²) in [5.74, 6) is -2.80. The van der Waals surface area contributed by atoms with Gasteiger partial charge in [0.1, 0.15) is 12.6 Å². The number of nitrogens with zero attached hydrogens (tertiary/aromatic N) is 3. The van der Waals surface area contributed by atoms with Crippen molar-refractivity contribution in [2.75, 3.05) is 13.6 Å². The number of nitrogens with one attached hydrogen (secondary N) is 2. The summed E-state index contributed by atoms with van der Waals surface area (Å²) in [5, 5.41) is 13.7. The number of carboxylic acids is 1. The number of carbonyl (C=O) groups excluding carboxylic acids is 3. The predicted octanol–water partition coefficient (Wildman–Crippen LogP) is 2.80. The van der Waals surface area contributed by atoms with Crippen molar-refractivity contribution in [1.82, 2.24) is 20.4 Å². The first-order valence-corrected chi connectivity index (χ1v) is 11.8. The number of carbonyl (C=O) groups is 4.